The van der Waals surface area contributed by atoms with Gasteiger partial charge in [-0.1, -0.05) is 12.1 Å². The Hall–Kier alpha value is -1.10. The first-order chi connectivity index (χ1) is 10.1. The fourth-order valence-electron chi connectivity index (χ4n) is 3.52. The van der Waals surface area contributed by atoms with Crippen molar-refractivity contribution in [3.63, 3.8) is 0 Å². The van der Waals surface area contributed by atoms with Gasteiger partial charge in [-0.2, -0.15) is 0 Å². The van der Waals surface area contributed by atoms with Gasteiger partial charge in [0.25, 0.3) is 0 Å². The summed E-state index contributed by atoms with van der Waals surface area (Å²) in [4.78, 5) is 4.79. The normalized spacial score (nSPS) is 26.0. The van der Waals surface area contributed by atoms with Crippen molar-refractivity contribution in [1.82, 2.24) is 10.2 Å². The third kappa shape index (κ3) is 3.23. The summed E-state index contributed by atoms with van der Waals surface area (Å²) < 4.78 is 5.59. The largest absolute Gasteiger partial charge is 0.377 e. The number of hydrogen-bond acceptors (Lipinski definition) is 4. The third-order valence-corrected chi connectivity index (χ3v) is 4.54. The number of rotatable bonds is 3. The first-order valence-corrected chi connectivity index (χ1v) is 7.98. The number of likely N-dealkylation sites (N-methyl/N-ethyl adjacent to an activating group) is 1. The van der Waals surface area contributed by atoms with Crippen molar-refractivity contribution in [3.8, 4) is 0 Å². The van der Waals surface area contributed by atoms with Crippen LogP contribution in [0.15, 0.2) is 18.2 Å². The molecule has 0 aromatic heterocycles. The molecule has 4 nitrogen and oxygen atoms in total. The molecule has 1 aromatic rings. The number of benzene rings is 1. The van der Waals surface area contributed by atoms with E-state index in [1.54, 1.807) is 0 Å². The Labute approximate surface area is 128 Å². The predicted octanol–water partition coefficient (Wildman–Crippen LogP) is 1.49. The lowest BCUT2D eigenvalue weighted by atomic mass is 9.93. The van der Waals surface area contributed by atoms with E-state index in [-0.39, 0.29) is 0 Å². The van der Waals surface area contributed by atoms with E-state index in [9.17, 15) is 0 Å². The predicted molar refractivity (Wildman–Crippen MR) is 87.0 cm³/mol. The van der Waals surface area contributed by atoms with E-state index < -0.39 is 0 Å². The van der Waals surface area contributed by atoms with Crippen LogP contribution in [0.4, 0.5) is 5.69 Å². The summed E-state index contributed by atoms with van der Waals surface area (Å²) in [5.41, 5.74) is 4.42. The van der Waals surface area contributed by atoms with Gasteiger partial charge in [0.15, 0.2) is 0 Å². The van der Waals surface area contributed by atoms with Gasteiger partial charge in [0.1, 0.15) is 0 Å². The molecule has 2 aliphatic rings. The van der Waals surface area contributed by atoms with Crippen LogP contribution in [0.1, 0.15) is 18.1 Å². The molecule has 0 amide bonds. The highest BCUT2D eigenvalue weighted by Gasteiger charge is 2.26. The molecule has 2 unspecified atom stereocenters. The number of ether oxygens (including phenoxy) is 1. The Morgan fingerprint density at radius 2 is 2.24 bits per heavy atom. The van der Waals surface area contributed by atoms with Gasteiger partial charge in [0.05, 0.1) is 13.2 Å². The van der Waals surface area contributed by atoms with Crippen LogP contribution in [0.3, 0.4) is 0 Å². The Balaban J connectivity index is 1.86. The Bertz CT molecular complexity index is 489. The van der Waals surface area contributed by atoms with Crippen LogP contribution < -0.4 is 10.2 Å². The average Bonchev–Trinajstić information content (AvgIpc) is 2.47. The van der Waals surface area contributed by atoms with E-state index in [1.807, 2.05) is 0 Å². The second kappa shape index (κ2) is 6.34. The van der Waals surface area contributed by atoms with Gasteiger partial charge in [-0.3, -0.25) is 0 Å². The molecular weight excluding hydrogens is 262 g/mol. The van der Waals surface area contributed by atoms with Crippen LogP contribution >= 0.6 is 0 Å². The Morgan fingerprint density at radius 3 is 3.00 bits per heavy atom. The fraction of sp³-hybridized carbons (Fsp3) is 0.647. The van der Waals surface area contributed by atoms with Gasteiger partial charge >= 0.3 is 0 Å². The van der Waals surface area contributed by atoms with Crippen molar-refractivity contribution in [2.75, 3.05) is 45.3 Å². The monoisotopic (exact) mass is 289 g/mol. The summed E-state index contributed by atoms with van der Waals surface area (Å²) in [7, 11) is 4.29. The lowest BCUT2D eigenvalue weighted by Crippen LogP contribution is -2.46. The van der Waals surface area contributed by atoms with Crippen molar-refractivity contribution < 1.29 is 4.74 Å². The van der Waals surface area contributed by atoms with Crippen molar-refractivity contribution in [2.45, 2.75) is 32.0 Å². The summed E-state index contributed by atoms with van der Waals surface area (Å²) in [5, 5.41) is 3.66. The highest BCUT2D eigenvalue weighted by atomic mass is 16.5. The van der Waals surface area contributed by atoms with Gasteiger partial charge in [-0.15, -0.1) is 0 Å². The van der Waals surface area contributed by atoms with Gasteiger partial charge in [0.2, 0.25) is 0 Å². The molecule has 116 valence electrons. The molecule has 0 spiro atoms. The summed E-state index contributed by atoms with van der Waals surface area (Å²) in [6, 6.07) is 7.77. The van der Waals surface area contributed by atoms with E-state index in [0.29, 0.717) is 12.1 Å². The molecule has 2 atom stereocenters. The maximum atomic E-state index is 5.59. The molecule has 0 saturated carbocycles. The Kier molecular flexibility index (Phi) is 4.48. The number of morpholine rings is 1. The number of hydrogen-bond donors (Lipinski definition) is 1. The quantitative estimate of drug-likeness (QED) is 0.912. The number of fused-ring (bicyclic) bond motifs is 1. The minimum absolute atomic E-state index is 0.465. The highest BCUT2D eigenvalue weighted by molar-refractivity contribution is 5.59. The first-order valence-electron chi connectivity index (χ1n) is 7.98. The SMILES string of the molecule is CC1COCCN1c1cccc2c1CC(CN(C)C)NC2. The summed E-state index contributed by atoms with van der Waals surface area (Å²) in [5.74, 6) is 0. The lowest BCUT2D eigenvalue weighted by Gasteiger charge is -2.39. The van der Waals surface area contributed by atoms with Gasteiger partial charge in [-0.05, 0) is 44.6 Å². The molecule has 1 N–H and O–H groups in total. The first kappa shape index (κ1) is 14.8. The molecule has 1 fully saturated rings. The average molecular weight is 289 g/mol. The van der Waals surface area contributed by atoms with Gasteiger partial charge in [0, 0.05) is 37.4 Å². The third-order valence-electron chi connectivity index (χ3n) is 4.54. The van der Waals surface area contributed by atoms with Gasteiger partial charge in [-0.25, -0.2) is 0 Å². The number of nitrogens with zero attached hydrogens (tertiary/aromatic N) is 2. The molecule has 0 aliphatic carbocycles. The highest BCUT2D eigenvalue weighted by Crippen LogP contribution is 2.30. The summed E-state index contributed by atoms with van der Waals surface area (Å²) >= 11 is 0. The van der Waals surface area contributed by atoms with Crippen molar-refractivity contribution in [3.05, 3.63) is 29.3 Å². The maximum absolute atomic E-state index is 5.59. The van der Waals surface area contributed by atoms with Crippen molar-refractivity contribution in [2.24, 2.45) is 0 Å². The smallest absolute Gasteiger partial charge is 0.0668 e. The minimum Gasteiger partial charge on any atom is -0.377 e. The maximum Gasteiger partial charge on any atom is 0.0668 e. The van der Waals surface area contributed by atoms with E-state index in [0.717, 1.165) is 39.3 Å². The Morgan fingerprint density at radius 1 is 1.38 bits per heavy atom. The minimum atomic E-state index is 0.465. The zero-order valence-electron chi connectivity index (χ0n) is 13.4. The molecule has 0 radical (unpaired) electrons. The van der Waals surface area contributed by atoms with E-state index in [2.05, 4.69) is 54.3 Å². The molecule has 3 rings (SSSR count). The fourth-order valence-corrected chi connectivity index (χ4v) is 3.52. The van der Waals surface area contributed by atoms with Crippen molar-refractivity contribution >= 4 is 5.69 Å². The van der Waals surface area contributed by atoms with E-state index >= 15 is 0 Å². The van der Waals surface area contributed by atoms with Crippen LogP contribution in [0.5, 0.6) is 0 Å². The molecule has 4 heteroatoms. The second-order valence-corrected chi connectivity index (χ2v) is 6.58. The molecule has 0 bridgehead atoms. The standard InChI is InChI=1S/C17H27N3O/c1-13-12-21-8-7-20(13)17-6-4-5-14-10-18-15(9-16(14)17)11-19(2)3/h4-6,13,15,18H,7-12H2,1-3H3. The summed E-state index contributed by atoms with van der Waals surface area (Å²) in [6.07, 6.45) is 1.12. The van der Waals surface area contributed by atoms with Crippen LogP contribution in [-0.2, 0) is 17.7 Å². The zero-order chi connectivity index (χ0) is 14.8. The summed E-state index contributed by atoms with van der Waals surface area (Å²) in [6.45, 7) is 7.02. The van der Waals surface area contributed by atoms with Gasteiger partial charge < -0.3 is 19.9 Å². The molecule has 1 saturated heterocycles. The van der Waals surface area contributed by atoms with Crippen LogP contribution in [0.2, 0.25) is 0 Å². The number of anilines is 1. The van der Waals surface area contributed by atoms with Crippen LogP contribution in [0.25, 0.3) is 0 Å². The van der Waals surface area contributed by atoms with Crippen LogP contribution in [0, 0.1) is 0 Å². The number of nitrogens with one attached hydrogen (secondary N) is 1. The molecule has 2 aliphatic heterocycles. The zero-order valence-corrected chi connectivity index (χ0v) is 13.4. The van der Waals surface area contributed by atoms with Crippen molar-refractivity contribution in [1.29, 1.82) is 0 Å². The molecule has 1 aromatic carbocycles. The second-order valence-electron chi connectivity index (χ2n) is 6.58. The van der Waals surface area contributed by atoms with E-state index in [4.69, 9.17) is 4.74 Å². The van der Waals surface area contributed by atoms with Crippen LogP contribution in [-0.4, -0.2) is 57.4 Å². The lowest BCUT2D eigenvalue weighted by molar-refractivity contribution is 0.0988. The molecule has 2 heterocycles. The van der Waals surface area contributed by atoms with E-state index in [1.165, 1.54) is 16.8 Å². The molecule has 21 heavy (non-hydrogen) atoms. The topological polar surface area (TPSA) is 27.7 Å². The molecular formula is C17H27N3O.